The van der Waals surface area contributed by atoms with Crippen LogP contribution >= 0.6 is 15.9 Å². The molecule has 0 aromatic carbocycles. The Bertz CT molecular complexity index is 805. The zero-order valence-electron chi connectivity index (χ0n) is 16.6. The number of Topliss-reactive ketones (excluding diaryl/α,β-unsaturated/α-hetero) is 1. The van der Waals surface area contributed by atoms with Gasteiger partial charge in [-0.05, 0) is 55.6 Å². The first-order valence-electron chi connectivity index (χ1n) is 10.1. The third-order valence-corrected chi connectivity index (χ3v) is 10.7. The van der Waals surface area contributed by atoms with E-state index in [1.165, 1.54) is 0 Å². The minimum atomic E-state index is -1.64. The van der Waals surface area contributed by atoms with E-state index in [4.69, 9.17) is 0 Å². The van der Waals surface area contributed by atoms with Gasteiger partial charge in [-0.25, -0.2) is 0 Å². The van der Waals surface area contributed by atoms with Gasteiger partial charge in [-0.1, -0.05) is 48.4 Å². The van der Waals surface area contributed by atoms with E-state index < -0.39 is 39.2 Å². The van der Waals surface area contributed by atoms with Gasteiger partial charge in [0, 0.05) is 10.8 Å². The van der Waals surface area contributed by atoms with Crippen molar-refractivity contribution in [1.82, 2.24) is 0 Å². The van der Waals surface area contributed by atoms with Crippen molar-refractivity contribution in [3.8, 4) is 0 Å². The van der Waals surface area contributed by atoms with Crippen molar-refractivity contribution >= 4 is 27.5 Å². The Balaban J connectivity index is 1.84. The van der Waals surface area contributed by atoms with E-state index in [-0.39, 0.29) is 30.0 Å². The average molecular weight is 453 g/mol. The van der Waals surface area contributed by atoms with Crippen LogP contribution in [-0.4, -0.2) is 49.5 Å². The predicted molar refractivity (Wildman–Crippen MR) is 108 cm³/mol. The summed E-state index contributed by atoms with van der Waals surface area (Å²) in [7, 11) is 0. The van der Waals surface area contributed by atoms with E-state index in [0.717, 1.165) is 18.4 Å². The molecular weight excluding hydrogens is 424 g/mol. The minimum Gasteiger partial charge on any atom is -0.392 e. The van der Waals surface area contributed by atoms with Crippen molar-refractivity contribution in [2.45, 2.75) is 62.5 Å². The summed E-state index contributed by atoms with van der Waals surface area (Å²) in [5.41, 5.74) is -1.92. The first-order chi connectivity index (χ1) is 13.0. The molecule has 0 spiro atoms. The Labute approximate surface area is 174 Å². The molecule has 0 aliphatic heterocycles. The fourth-order valence-corrected chi connectivity index (χ4v) is 8.36. The highest BCUT2D eigenvalue weighted by molar-refractivity contribution is 9.10. The summed E-state index contributed by atoms with van der Waals surface area (Å²) in [6.45, 7) is 5.14. The third kappa shape index (κ3) is 2.13. The number of aliphatic hydroxyl groups excluding tert-OH is 2. The predicted octanol–water partition coefficient (Wildman–Crippen LogP) is 2.32. The SMILES string of the molecule is CC1CC2C3CCC4=CC(=O)C=CC4(C)C3(Br)C(O)CC2(C)C1(O)C(=O)CO. The van der Waals surface area contributed by atoms with Gasteiger partial charge in [-0.2, -0.15) is 0 Å². The Morgan fingerprint density at radius 1 is 1.32 bits per heavy atom. The van der Waals surface area contributed by atoms with Gasteiger partial charge < -0.3 is 15.3 Å². The van der Waals surface area contributed by atoms with Crippen LogP contribution in [0.3, 0.4) is 0 Å². The average Bonchev–Trinajstić information content (AvgIpc) is 2.84. The molecule has 3 saturated carbocycles. The molecule has 5 nitrogen and oxygen atoms in total. The number of rotatable bonds is 2. The van der Waals surface area contributed by atoms with Gasteiger partial charge in [0.15, 0.2) is 11.6 Å². The smallest absolute Gasteiger partial charge is 0.190 e. The molecule has 154 valence electrons. The number of alkyl halides is 1. The number of hydrogen-bond donors (Lipinski definition) is 3. The van der Waals surface area contributed by atoms with E-state index in [1.807, 2.05) is 19.9 Å². The van der Waals surface area contributed by atoms with Gasteiger partial charge in [0.05, 0.1) is 10.4 Å². The van der Waals surface area contributed by atoms with Crippen LogP contribution in [0.5, 0.6) is 0 Å². The molecule has 6 heteroatoms. The lowest BCUT2D eigenvalue weighted by molar-refractivity contribution is -0.178. The van der Waals surface area contributed by atoms with Crippen molar-refractivity contribution in [3.63, 3.8) is 0 Å². The topological polar surface area (TPSA) is 94.8 Å². The molecule has 4 aliphatic carbocycles. The number of carbonyl (C=O) groups is 2. The summed E-state index contributed by atoms with van der Waals surface area (Å²) in [6.07, 6.45) is 6.85. The fraction of sp³-hybridized carbons (Fsp3) is 0.727. The number of halogens is 1. The molecule has 8 unspecified atom stereocenters. The van der Waals surface area contributed by atoms with Crippen LogP contribution in [0, 0.1) is 28.6 Å². The zero-order chi connectivity index (χ0) is 20.7. The normalized spacial score (nSPS) is 52.5. The molecule has 28 heavy (non-hydrogen) atoms. The van der Waals surface area contributed by atoms with Gasteiger partial charge in [0.2, 0.25) is 0 Å². The molecule has 3 fully saturated rings. The van der Waals surface area contributed by atoms with Crippen molar-refractivity contribution in [3.05, 3.63) is 23.8 Å². The lowest BCUT2D eigenvalue weighted by Gasteiger charge is -2.64. The quantitative estimate of drug-likeness (QED) is 0.558. The summed E-state index contributed by atoms with van der Waals surface area (Å²) in [5.74, 6) is -0.809. The highest BCUT2D eigenvalue weighted by atomic mass is 79.9. The second-order valence-corrected chi connectivity index (χ2v) is 11.1. The molecule has 4 aliphatic rings. The Hall–Kier alpha value is -0.820. The van der Waals surface area contributed by atoms with E-state index in [0.29, 0.717) is 6.42 Å². The maximum atomic E-state index is 12.6. The highest BCUT2D eigenvalue weighted by Crippen LogP contribution is 2.71. The number of ketones is 2. The van der Waals surface area contributed by atoms with Crippen LogP contribution < -0.4 is 0 Å². The van der Waals surface area contributed by atoms with Crippen LogP contribution in [-0.2, 0) is 9.59 Å². The van der Waals surface area contributed by atoms with E-state index in [9.17, 15) is 24.9 Å². The third-order valence-electron chi connectivity index (χ3n) is 8.79. The molecular formula is C22H29BrO5. The minimum absolute atomic E-state index is 0.0189. The van der Waals surface area contributed by atoms with Gasteiger partial charge in [-0.15, -0.1) is 0 Å². The molecule has 3 N–H and O–H groups in total. The number of fused-ring (bicyclic) bond motifs is 5. The summed E-state index contributed by atoms with van der Waals surface area (Å²) < 4.78 is -0.668. The Kier molecular flexibility index (Phi) is 4.45. The van der Waals surface area contributed by atoms with Crippen molar-refractivity contribution in [2.75, 3.05) is 6.61 Å². The van der Waals surface area contributed by atoms with Crippen molar-refractivity contribution < 1.29 is 24.9 Å². The van der Waals surface area contributed by atoms with Crippen LogP contribution in [0.4, 0.5) is 0 Å². The molecule has 0 aromatic heterocycles. The molecule has 8 atom stereocenters. The lowest BCUT2D eigenvalue weighted by Crippen LogP contribution is -2.68. The van der Waals surface area contributed by atoms with E-state index in [1.54, 1.807) is 12.2 Å². The zero-order valence-corrected chi connectivity index (χ0v) is 18.2. The maximum Gasteiger partial charge on any atom is 0.190 e. The van der Waals surface area contributed by atoms with Crippen LogP contribution in [0.15, 0.2) is 23.8 Å². The monoisotopic (exact) mass is 452 g/mol. The second-order valence-electron chi connectivity index (χ2n) is 9.75. The van der Waals surface area contributed by atoms with Crippen LogP contribution in [0.1, 0.15) is 46.5 Å². The molecule has 0 saturated heterocycles. The molecule has 0 bridgehead atoms. The van der Waals surface area contributed by atoms with Crippen molar-refractivity contribution in [2.24, 2.45) is 28.6 Å². The Morgan fingerprint density at radius 2 is 2.00 bits per heavy atom. The summed E-state index contributed by atoms with van der Waals surface area (Å²) in [5, 5.41) is 32.5. The summed E-state index contributed by atoms with van der Waals surface area (Å²) >= 11 is 3.96. The van der Waals surface area contributed by atoms with Gasteiger partial charge >= 0.3 is 0 Å². The number of carbonyl (C=O) groups excluding carboxylic acids is 2. The van der Waals surface area contributed by atoms with Gasteiger partial charge in [0.1, 0.15) is 12.2 Å². The van der Waals surface area contributed by atoms with Crippen LogP contribution in [0.2, 0.25) is 0 Å². The molecule has 0 aromatic rings. The van der Waals surface area contributed by atoms with E-state index in [2.05, 4.69) is 22.9 Å². The molecule has 0 heterocycles. The number of aliphatic hydroxyl groups is 3. The molecule has 0 amide bonds. The standard InChI is InChI=1S/C22H29BrO5/c1-12-8-16-15-5-4-13-9-14(25)6-7-19(13,2)21(15,23)17(26)10-20(16,3)22(12,28)18(27)11-24/h6-7,9,12,15-17,24,26,28H,4-5,8,10-11H2,1-3H3. The molecule has 4 rings (SSSR count). The highest BCUT2D eigenvalue weighted by Gasteiger charge is 2.74. The fourth-order valence-electron chi connectivity index (χ4n) is 7.26. The first-order valence-corrected chi connectivity index (χ1v) is 10.9. The van der Waals surface area contributed by atoms with E-state index >= 15 is 0 Å². The lowest BCUT2D eigenvalue weighted by atomic mass is 9.46. The molecule has 0 radical (unpaired) electrons. The summed E-state index contributed by atoms with van der Waals surface area (Å²) in [6, 6.07) is 0. The Morgan fingerprint density at radius 3 is 2.64 bits per heavy atom. The van der Waals surface area contributed by atoms with Crippen molar-refractivity contribution in [1.29, 1.82) is 0 Å². The van der Waals surface area contributed by atoms with Gasteiger partial charge in [0.25, 0.3) is 0 Å². The van der Waals surface area contributed by atoms with Gasteiger partial charge in [-0.3, -0.25) is 9.59 Å². The first kappa shape index (κ1) is 20.5. The van der Waals surface area contributed by atoms with Crippen LogP contribution in [0.25, 0.3) is 0 Å². The second kappa shape index (κ2) is 6.10. The number of hydrogen-bond acceptors (Lipinski definition) is 5. The maximum absolute atomic E-state index is 12.6. The largest absolute Gasteiger partial charge is 0.392 e. The number of allylic oxidation sites excluding steroid dienone is 4. The summed E-state index contributed by atoms with van der Waals surface area (Å²) in [4.78, 5) is 24.6.